The largest absolute Gasteiger partial charge is 0.493 e. The Morgan fingerprint density at radius 3 is 2.32 bits per heavy atom. The van der Waals surface area contributed by atoms with Gasteiger partial charge in [-0.15, -0.1) is 0 Å². The topological polar surface area (TPSA) is 102 Å². The standard InChI is InChI=1S/C28H38O9/c1-5-7-13-35-26-18-22(19-27(28(29)30)34-6-2)9-11-24(26)36-14-12-21-8-10-23(25(17-21)32-4)37-20-33-16-15-31-3/h8-11,17-19H,5-7,12-16,20H2,1-4H3,(H,29,30). The third-order valence-electron chi connectivity index (χ3n) is 5.14. The summed E-state index contributed by atoms with van der Waals surface area (Å²) in [5.41, 5.74) is 1.66. The van der Waals surface area contributed by atoms with E-state index in [9.17, 15) is 9.90 Å². The average molecular weight is 519 g/mol. The van der Waals surface area contributed by atoms with Gasteiger partial charge >= 0.3 is 5.97 Å². The van der Waals surface area contributed by atoms with Crippen LogP contribution in [0.25, 0.3) is 6.08 Å². The first-order chi connectivity index (χ1) is 18.0. The molecule has 0 saturated heterocycles. The predicted octanol–water partition coefficient (Wildman–Crippen LogP) is 4.96. The van der Waals surface area contributed by atoms with Crippen molar-refractivity contribution < 1.29 is 43.1 Å². The lowest BCUT2D eigenvalue weighted by atomic mass is 10.1. The van der Waals surface area contributed by atoms with Crippen molar-refractivity contribution in [3.63, 3.8) is 0 Å². The Bertz CT molecular complexity index is 988. The number of carbonyl (C=O) groups is 1. The van der Waals surface area contributed by atoms with E-state index in [1.165, 1.54) is 6.08 Å². The van der Waals surface area contributed by atoms with Gasteiger partial charge in [-0.1, -0.05) is 25.5 Å². The zero-order valence-electron chi connectivity index (χ0n) is 22.1. The molecule has 2 rings (SSSR count). The molecule has 0 fully saturated rings. The van der Waals surface area contributed by atoms with E-state index < -0.39 is 5.97 Å². The Balaban J connectivity index is 2.05. The smallest absolute Gasteiger partial charge is 0.371 e. The monoisotopic (exact) mass is 518 g/mol. The lowest BCUT2D eigenvalue weighted by molar-refractivity contribution is -0.136. The van der Waals surface area contributed by atoms with Gasteiger partial charge in [0, 0.05) is 13.5 Å². The summed E-state index contributed by atoms with van der Waals surface area (Å²) in [6, 6.07) is 11.0. The van der Waals surface area contributed by atoms with Gasteiger partial charge < -0.3 is 38.3 Å². The summed E-state index contributed by atoms with van der Waals surface area (Å²) in [5, 5.41) is 9.34. The quantitative estimate of drug-likeness (QED) is 0.120. The van der Waals surface area contributed by atoms with Crippen LogP contribution in [0.15, 0.2) is 42.2 Å². The van der Waals surface area contributed by atoms with Crippen LogP contribution in [0, 0.1) is 0 Å². The molecular formula is C28H38O9. The zero-order chi connectivity index (χ0) is 26.9. The van der Waals surface area contributed by atoms with E-state index in [2.05, 4.69) is 6.92 Å². The number of hydrogen-bond donors (Lipinski definition) is 1. The van der Waals surface area contributed by atoms with Gasteiger partial charge in [0.2, 0.25) is 5.76 Å². The molecule has 2 aromatic rings. The van der Waals surface area contributed by atoms with E-state index in [4.69, 9.17) is 33.2 Å². The molecule has 0 heterocycles. The first-order valence-corrected chi connectivity index (χ1v) is 12.4. The summed E-state index contributed by atoms with van der Waals surface area (Å²) in [6.45, 7) is 6.07. The number of methoxy groups -OCH3 is 2. The van der Waals surface area contributed by atoms with Crippen LogP contribution in [0.3, 0.4) is 0 Å². The number of carboxylic acids is 1. The van der Waals surface area contributed by atoms with Crippen molar-refractivity contribution in [2.75, 3.05) is 54.0 Å². The third-order valence-corrected chi connectivity index (χ3v) is 5.14. The first kappa shape index (κ1) is 29.8. The van der Waals surface area contributed by atoms with Crippen LogP contribution < -0.4 is 18.9 Å². The fourth-order valence-electron chi connectivity index (χ4n) is 3.22. The maximum Gasteiger partial charge on any atom is 0.371 e. The lowest BCUT2D eigenvalue weighted by Crippen LogP contribution is -2.08. The predicted molar refractivity (Wildman–Crippen MR) is 140 cm³/mol. The van der Waals surface area contributed by atoms with Crippen molar-refractivity contribution in [2.45, 2.75) is 33.1 Å². The number of hydrogen-bond acceptors (Lipinski definition) is 8. The Hall–Kier alpha value is -3.43. The van der Waals surface area contributed by atoms with Crippen molar-refractivity contribution in [2.24, 2.45) is 0 Å². The summed E-state index contributed by atoms with van der Waals surface area (Å²) in [6.07, 6.45) is 3.99. The van der Waals surface area contributed by atoms with Crippen molar-refractivity contribution in [3.8, 4) is 23.0 Å². The molecule has 0 aliphatic heterocycles. The minimum atomic E-state index is -1.12. The molecule has 0 aliphatic rings. The molecule has 0 radical (unpaired) electrons. The molecule has 0 spiro atoms. The summed E-state index contributed by atoms with van der Waals surface area (Å²) in [7, 11) is 3.20. The highest BCUT2D eigenvalue weighted by atomic mass is 16.7. The zero-order valence-corrected chi connectivity index (χ0v) is 22.1. The summed E-state index contributed by atoms with van der Waals surface area (Å²) in [5.74, 6) is 1.09. The molecule has 0 aromatic heterocycles. The number of rotatable bonds is 19. The van der Waals surface area contributed by atoms with Gasteiger partial charge in [0.05, 0.1) is 40.1 Å². The van der Waals surface area contributed by atoms with Crippen LogP contribution in [0.4, 0.5) is 0 Å². The van der Waals surface area contributed by atoms with Crippen LogP contribution in [0.2, 0.25) is 0 Å². The normalized spacial score (nSPS) is 11.2. The molecule has 37 heavy (non-hydrogen) atoms. The fourth-order valence-corrected chi connectivity index (χ4v) is 3.22. The molecule has 0 saturated carbocycles. The molecule has 0 aliphatic carbocycles. The highest BCUT2D eigenvalue weighted by Gasteiger charge is 2.12. The third kappa shape index (κ3) is 10.6. The molecule has 0 unspecified atom stereocenters. The maximum absolute atomic E-state index is 11.4. The van der Waals surface area contributed by atoms with Gasteiger partial charge in [0.25, 0.3) is 0 Å². The Morgan fingerprint density at radius 1 is 0.865 bits per heavy atom. The average Bonchev–Trinajstić information content (AvgIpc) is 2.90. The van der Waals surface area contributed by atoms with Gasteiger partial charge in [0.1, 0.15) is 0 Å². The van der Waals surface area contributed by atoms with Gasteiger partial charge in [-0.05, 0) is 54.8 Å². The van der Waals surface area contributed by atoms with Gasteiger partial charge in [-0.3, -0.25) is 0 Å². The van der Waals surface area contributed by atoms with E-state index in [0.717, 1.165) is 18.4 Å². The second-order valence-electron chi connectivity index (χ2n) is 7.90. The lowest BCUT2D eigenvalue weighted by Gasteiger charge is -2.15. The summed E-state index contributed by atoms with van der Waals surface area (Å²) >= 11 is 0. The molecule has 1 N–H and O–H groups in total. The van der Waals surface area contributed by atoms with E-state index in [1.54, 1.807) is 39.3 Å². The van der Waals surface area contributed by atoms with Gasteiger partial charge in [-0.2, -0.15) is 0 Å². The number of unbranched alkanes of at least 4 members (excludes halogenated alkanes) is 1. The first-order valence-electron chi connectivity index (χ1n) is 12.4. The summed E-state index contributed by atoms with van der Waals surface area (Å²) in [4.78, 5) is 11.4. The Labute approximate surface area is 218 Å². The van der Waals surface area contributed by atoms with Crippen LogP contribution in [-0.4, -0.2) is 65.1 Å². The van der Waals surface area contributed by atoms with E-state index in [1.807, 2.05) is 18.2 Å². The van der Waals surface area contributed by atoms with Crippen molar-refractivity contribution in [3.05, 3.63) is 53.3 Å². The SMILES string of the molecule is CCCCOc1cc(C=C(OCC)C(=O)O)ccc1OCCc1ccc(OCOCCOC)c(OC)c1. The molecule has 204 valence electrons. The van der Waals surface area contributed by atoms with Crippen LogP contribution >= 0.6 is 0 Å². The highest BCUT2D eigenvalue weighted by molar-refractivity contribution is 5.90. The molecule has 0 amide bonds. The molecule has 0 atom stereocenters. The van der Waals surface area contributed by atoms with Crippen molar-refractivity contribution in [1.29, 1.82) is 0 Å². The van der Waals surface area contributed by atoms with Crippen molar-refractivity contribution >= 4 is 12.0 Å². The Morgan fingerprint density at radius 2 is 1.62 bits per heavy atom. The van der Waals surface area contributed by atoms with E-state index in [-0.39, 0.29) is 19.2 Å². The number of aliphatic carboxylic acids is 1. The van der Waals surface area contributed by atoms with E-state index >= 15 is 0 Å². The second-order valence-corrected chi connectivity index (χ2v) is 7.90. The fraction of sp³-hybridized carbons (Fsp3) is 0.464. The highest BCUT2D eigenvalue weighted by Crippen LogP contribution is 2.31. The van der Waals surface area contributed by atoms with E-state index in [0.29, 0.717) is 61.4 Å². The second kappa shape index (κ2) is 17.1. The minimum Gasteiger partial charge on any atom is -0.493 e. The molecule has 9 nitrogen and oxygen atoms in total. The van der Waals surface area contributed by atoms with Crippen LogP contribution in [-0.2, 0) is 25.4 Å². The number of ether oxygens (including phenoxy) is 7. The van der Waals surface area contributed by atoms with Crippen LogP contribution in [0.1, 0.15) is 37.8 Å². The molecular weight excluding hydrogens is 480 g/mol. The summed E-state index contributed by atoms with van der Waals surface area (Å²) < 4.78 is 38.6. The number of carboxylic acid groups (broad SMARTS) is 1. The number of benzene rings is 2. The molecule has 9 heteroatoms. The maximum atomic E-state index is 11.4. The molecule has 2 aromatic carbocycles. The van der Waals surface area contributed by atoms with Crippen molar-refractivity contribution in [1.82, 2.24) is 0 Å². The van der Waals surface area contributed by atoms with Crippen LogP contribution in [0.5, 0.6) is 23.0 Å². The van der Waals surface area contributed by atoms with Gasteiger partial charge in [-0.25, -0.2) is 4.79 Å². The molecule has 0 bridgehead atoms. The Kier molecular flexibility index (Phi) is 13.8. The minimum absolute atomic E-state index is 0.104. The van der Waals surface area contributed by atoms with Gasteiger partial charge in [0.15, 0.2) is 29.8 Å².